The fraction of sp³-hybridized carbons (Fsp3) is 0.263. The molecular weight excluding hydrogens is 324 g/mol. The maximum absolute atomic E-state index is 13.0. The molecule has 122 valence electrons. The average molecular weight is 341 g/mol. The van der Waals surface area contributed by atoms with E-state index < -0.39 is 0 Å². The van der Waals surface area contributed by atoms with Gasteiger partial charge in [-0.1, -0.05) is 42.0 Å². The highest BCUT2D eigenvalue weighted by Crippen LogP contribution is 2.44. The Balaban J connectivity index is 1.80. The molecule has 2 aliphatic rings. The first-order valence-electron chi connectivity index (χ1n) is 7.97. The van der Waals surface area contributed by atoms with Gasteiger partial charge in [0.25, 0.3) is 5.91 Å². The summed E-state index contributed by atoms with van der Waals surface area (Å²) in [5.41, 5.74) is 2.51. The standard InChI is InChI=1S/C19H17ClN2O2/c1-24-13-6-4-5-12(11-13)15-7-2-3-8-16-14-9-10-17(20)21-18(14)19(23)22(15)16/h2-6,9-11,15-16H,7-8H2,1H3/t15-,16?/m1/s1. The number of hydrogen-bond donors (Lipinski definition) is 0. The third-order valence-electron chi connectivity index (χ3n) is 4.72. The molecule has 0 saturated carbocycles. The number of pyridine rings is 1. The highest BCUT2D eigenvalue weighted by atomic mass is 35.5. The number of halogens is 1. The third-order valence-corrected chi connectivity index (χ3v) is 4.93. The molecule has 3 heterocycles. The Hall–Kier alpha value is -2.33. The molecule has 1 unspecified atom stereocenters. The van der Waals surface area contributed by atoms with Crippen LogP contribution >= 0.6 is 11.6 Å². The van der Waals surface area contributed by atoms with Crippen LogP contribution in [0.4, 0.5) is 0 Å². The van der Waals surface area contributed by atoms with Crippen LogP contribution in [0, 0.1) is 0 Å². The van der Waals surface area contributed by atoms with Crippen molar-refractivity contribution in [2.24, 2.45) is 0 Å². The molecule has 2 aromatic rings. The van der Waals surface area contributed by atoms with Crippen LogP contribution in [0.3, 0.4) is 0 Å². The highest BCUT2D eigenvalue weighted by molar-refractivity contribution is 6.29. The number of aromatic nitrogens is 1. The molecule has 24 heavy (non-hydrogen) atoms. The number of methoxy groups -OCH3 is 1. The summed E-state index contributed by atoms with van der Waals surface area (Å²) in [6.45, 7) is 0. The first kappa shape index (κ1) is 15.2. The summed E-state index contributed by atoms with van der Waals surface area (Å²) in [6.07, 6.45) is 5.87. The van der Waals surface area contributed by atoms with Crippen molar-refractivity contribution in [3.8, 4) is 5.75 Å². The van der Waals surface area contributed by atoms with Gasteiger partial charge in [0.1, 0.15) is 16.6 Å². The number of amides is 1. The number of hydrogen-bond acceptors (Lipinski definition) is 3. The van der Waals surface area contributed by atoms with Crippen LogP contribution in [0.15, 0.2) is 48.6 Å². The number of nitrogens with zero attached hydrogens (tertiary/aromatic N) is 2. The molecule has 4 rings (SSSR count). The van der Waals surface area contributed by atoms with Gasteiger partial charge in [0.05, 0.1) is 19.2 Å². The zero-order valence-corrected chi connectivity index (χ0v) is 14.0. The second-order valence-electron chi connectivity index (χ2n) is 6.04. The summed E-state index contributed by atoms with van der Waals surface area (Å²) in [7, 11) is 1.65. The molecule has 0 aliphatic carbocycles. The lowest BCUT2D eigenvalue weighted by atomic mass is 10.0. The quantitative estimate of drug-likeness (QED) is 0.603. The molecule has 0 saturated heterocycles. The van der Waals surface area contributed by atoms with E-state index >= 15 is 0 Å². The number of carbonyl (C=O) groups is 1. The van der Waals surface area contributed by atoms with Gasteiger partial charge in [0, 0.05) is 5.56 Å². The minimum absolute atomic E-state index is 0.00668. The molecule has 1 aromatic heterocycles. The van der Waals surface area contributed by atoms with E-state index in [2.05, 4.69) is 17.1 Å². The maximum atomic E-state index is 13.0. The highest BCUT2D eigenvalue weighted by Gasteiger charge is 2.42. The first-order chi connectivity index (χ1) is 11.7. The van der Waals surface area contributed by atoms with E-state index in [-0.39, 0.29) is 18.0 Å². The summed E-state index contributed by atoms with van der Waals surface area (Å²) in [4.78, 5) is 19.2. The Morgan fingerprint density at radius 3 is 2.75 bits per heavy atom. The lowest BCUT2D eigenvalue weighted by Crippen LogP contribution is -2.31. The first-order valence-corrected chi connectivity index (χ1v) is 8.35. The van der Waals surface area contributed by atoms with Gasteiger partial charge >= 0.3 is 0 Å². The van der Waals surface area contributed by atoms with Crippen molar-refractivity contribution in [1.29, 1.82) is 0 Å². The number of carbonyl (C=O) groups excluding carboxylic acids is 1. The molecular formula is C19H17ClN2O2. The smallest absolute Gasteiger partial charge is 0.273 e. The average Bonchev–Trinajstić information content (AvgIpc) is 2.77. The van der Waals surface area contributed by atoms with Crippen molar-refractivity contribution >= 4 is 17.5 Å². The van der Waals surface area contributed by atoms with Crippen LogP contribution in [0.25, 0.3) is 0 Å². The summed E-state index contributed by atoms with van der Waals surface area (Å²) >= 11 is 6.00. The van der Waals surface area contributed by atoms with Crippen molar-refractivity contribution in [2.75, 3.05) is 7.11 Å². The van der Waals surface area contributed by atoms with Crippen LogP contribution in [-0.2, 0) is 0 Å². The van der Waals surface area contributed by atoms with Crippen LogP contribution in [0.5, 0.6) is 5.75 Å². The van der Waals surface area contributed by atoms with Crippen molar-refractivity contribution in [1.82, 2.24) is 9.88 Å². The SMILES string of the molecule is COc1cccc([C@H]2CC=CCC3c4ccc(Cl)nc4C(=O)N32)c1. The topological polar surface area (TPSA) is 42.4 Å². The van der Waals surface area contributed by atoms with Crippen LogP contribution in [0.2, 0.25) is 5.15 Å². The van der Waals surface area contributed by atoms with Gasteiger partial charge in [-0.25, -0.2) is 4.98 Å². The Labute approximate surface area is 145 Å². The van der Waals surface area contributed by atoms with E-state index in [0.717, 1.165) is 29.7 Å². The monoisotopic (exact) mass is 340 g/mol. The molecule has 0 fully saturated rings. The lowest BCUT2D eigenvalue weighted by molar-refractivity contribution is 0.0631. The van der Waals surface area contributed by atoms with E-state index in [9.17, 15) is 4.79 Å². The Morgan fingerprint density at radius 2 is 1.96 bits per heavy atom. The predicted octanol–water partition coefficient (Wildman–Crippen LogP) is 4.33. The minimum atomic E-state index is -0.0472. The molecule has 2 atom stereocenters. The van der Waals surface area contributed by atoms with Crippen molar-refractivity contribution in [3.63, 3.8) is 0 Å². The zero-order valence-electron chi connectivity index (χ0n) is 13.3. The van der Waals surface area contributed by atoms with Gasteiger partial charge < -0.3 is 9.64 Å². The molecule has 1 aromatic carbocycles. The summed E-state index contributed by atoms with van der Waals surface area (Å²) in [6, 6.07) is 11.6. The van der Waals surface area contributed by atoms with Gasteiger partial charge in [0.15, 0.2) is 0 Å². The molecule has 2 aliphatic heterocycles. The Kier molecular flexibility index (Phi) is 3.77. The summed E-state index contributed by atoms with van der Waals surface area (Å²) in [5.74, 6) is 0.747. The van der Waals surface area contributed by atoms with Gasteiger partial charge in [-0.05, 0) is 36.6 Å². The molecule has 0 N–H and O–H groups in total. The van der Waals surface area contributed by atoms with E-state index in [4.69, 9.17) is 16.3 Å². The molecule has 1 amide bonds. The van der Waals surface area contributed by atoms with Crippen molar-refractivity contribution in [3.05, 3.63) is 70.5 Å². The van der Waals surface area contributed by atoms with Gasteiger partial charge in [0.2, 0.25) is 0 Å². The van der Waals surface area contributed by atoms with E-state index in [1.165, 1.54) is 0 Å². The third kappa shape index (κ3) is 2.38. The second kappa shape index (κ2) is 5.95. The molecule has 4 nitrogen and oxygen atoms in total. The minimum Gasteiger partial charge on any atom is -0.497 e. The Bertz CT molecular complexity index is 834. The Morgan fingerprint density at radius 1 is 1.17 bits per heavy atom. The fourth-order valence-corrected chi connectivity index (χ4v) is 3.76. The molecule has 0 spiro atoms. The van der Waals surface area contributed by atoms with Crippen LogP contribution < -0.4 is 4.74 Å². The molecule has 5 heteroatoms. The van der Waals surface area contributed by atoms with Crippen LogP contribution in [0.1, 0.15) is 46.5 Å². The largest absolute Gasteiger partial charge is 0.497 e. The molecule has 0 bridgehead atoms. The van der Waals surface area contributed by atoms with E-state index in [1.54, 1.807) is 13.2 Å². The van der Waals surface area contributed by atoms with E-state index in [0.29, 0.717) is 10.8 Å². The number of fused-ring (bicyclic) bond motifs is 3. The number of benzene rings is 1. The normalized spacial score (nSPS) is 22.1. The summed E-state index contributed by atoms with van der Waals surface area (Å²) in [5, 5.41) is 0.355. The number of rotatable bonds is 2. The van der Waals surface area contributed by atoms with Crippen molar-refractivity contribution < 1.29 is 9.53 Å². The van der Waals surface area contributed by atoms with Gasteiger partial charge in [-0.15, -0.1) is 0 Å². The maximum Gasteiger partial charge on any atom is 0.273 e. The van der Waals surface area contributed by atoms with Gasteiger partial charge in [-0.3, -0.25) is 4.79 Å². The van der Waals surface area contributed by atoms with E-state index in [1.807, 2.05) is 35.2 Å². The lowest BCUT2D eigenvalue weighted by Gasteiger charge is -2.31. The van der Waals surface area contributed by atoms with Crippen LogP contribution in [-0.4, -0.2) is 22.9 Å². The fourth-order valence-electron chi connectivity index (χ4n) is 3.61. The molecule has 0 radical (unpaired) electrons. The number of ether oxygens (including phenoxy) is 1. The second-order valence-corrected chi connectivity index (χ2v) is 6.42. The zero-order chi connectivity index (χ0) is 16.7. The summed E-state index contributed by atoms with van der Waals surface area (Å²) < 4.78 is 5.34. The predicted molar refractivity (Wildman–Crippen MR) is 92.3 cm³/mol. The van der Waals surface area contributed by atoms with Crippen molar-refractivity contribution in [2.45, 2.75) is 24.9 Å². The van der Waals surface area contributed by atoms with Gasteiger partial charge in [-0.2, -0.15) is 0 Å².